The molecule has 0 saturated carbocycles. The molecule has 2 aromatic rings. The number of alkyl carbamates (subject to hydrolysis) is 1. The summed E-state index contributed by atoms with van der Waals surface area (Å²) in [6.45, 7) is 5.59. The number of carbonyl (C=O) groups is 2. The zero-order valence-corrected chi connectivity index (χ0v) is 17.7. The molecule has 1 aliphatic rings. The van der Waals surface area contributed by atoms with Gasteiger partial charge in [0.2, 0.25) is 5.95 Å². The standard InChI is InChI=1S/C22H25FN4O4/c1-22(2,3)31-21(29)26-13-15(12-23)14-30-17-5-6-18-16(11-17)7-10-27(19(18)28)20-24-8-4-9-25-20/h4-6,8-9,11-12H,7,10,13-14H2,1-3H3,(H,26,29)/b15-12+. The summed E-state index contributed by atoms with van der Waals surface area (Å²) in [5.41, 5.74) is 1.00. The SMILES string of the molecule is CC(C)(C)OC(=O)NC/C(=C\F)COc1ccc2c(c1)CCN(c1ncccn1)C2=O. The highest BCUT2D eigenvalue weighted by Crippen LogP contribution is 2.26. The van der Waals surface area contributed by atoms with Crippen LogP contribution in [0.5, 0.6) is 5.75 Å². The maximum absolute atomic E-state index is 13.2. The summed E-state index contributed by atoms with van der Waals surface area (Å²) in [7, 11) is 0. The molecule has 1 aliphatic heterocycles. The molecule has 1 aromatic heterocycles. The molecule has 0 unspecified atom stereocenters. The van der Waals surface area contributed by atoms with Crippen LogP contribution in [0.3, 0.4) is 0 Å². The van der Waals surface area contributed by atoms with Gasteiger partial charge in [0.05, 0.1) is 6.33 Å². The first-order valence-electron chi connectivity index (χ1n) is 9.86. The minimum absolute atomic E-state index is 0.0408. The fourth-order valence-corrected chi connectivity index (χ4v) is 2.97. The van der Waals surface area contributed by atoms with Gasteiger partial charge < -0.3 is 14.8 Å². The number of hydrogen-bond acceptors (Lipinski definition) is 6. The summed E-state index contributed by atoms with van der Waals surface area (Å²) < 4.78 is 24.0. The molecule has 0 atom stereocenters. The lowest BCUT2D eigenvalue weighted by Crippen LogP contribution is -2.38. The van der Waals surface area contributed by atoms with Crippen molar-refractivity contribution in [1.82, 2.24) is 15.3 Å². The number of fused-ring (bicyclic) bond motifs is 1. The van der Waals surface area contributed by atoms with Gasteiger partial charge in [-0.3, -0.25) is 9.69 Å². The summed E-state index contributed by atoms with van der Waals surface area (Å²) in [5, 5.41) is 2.49. The Balaban J connectivity index is 1.58. The molecule has 3 rings (SSSR count). The van der Waals surface area contributed by atoms with Crippen LogP contribution in [0, 0.1) is 0 Å². The molecule has 1 N–H and O–H groups in total. The van der Waals surface area contributed by atoms with Crippen LogP contribution in [0.1, 0.15) is 36.7 Å². The Morgan fingerprint density at radius 2 is 2.03 bits per heavy atom. The molecule has 0 aliphatic carbocycles. The maximum Gasteiger partial charge on any atom is 0.407 e. The number of anilines is 1. The first-order valence-corrected chi connectivity index (χ1v) is 9.86. The normalized spacial score (nSPS) is 14.1. The molecule has 2 heterocycles. The highest BCUT2D eigenvalue weighted by Gasteiger charge is 2.27. The van der Waals surface area contributed by atoms with Crippen LogP contribution >= 0.6 is 0 Å². The predicted molar refractivity (Wildman–Crippen MR) is 113 cm³/mol. The van der Waals surface area contributed by atoms with E-state index in [4.69, 9.17) is 9.47 Å². The Kier molecular flexibility index (Phi) is 6.84. The third-order valence-electron chi connectivity index (χ3n) is 4.39. The zero-order chi connectivity index (χ0) is 22.4. The Bertz CT molecular complexity index is 973. The molecule has 0 bridgehead atoms. The van der Waals surface area contributed by atoms with Crippen molar-refractivity contribution in [3.8, 4) is 5.75 Å². The first kappa shape index (κ1) is 22.2. The van der Waals surface area contributed by atoms with Gasteiger partial charge in [-0.25, -0.2) is 19.2 Å². The number of benzene rings is 1. The number of amides is 2. The van der Waals surface area contributed by atoms with Gasteiger partial charge in [-0.05, 0) is 57.0 Å². The molecule has 1 aromatic carbocycles. The van der Waals surface area contributed by atoms with Crippen molar-refractivity contribution in [3.05, 3.63) is 59.7 Å². The minimum atomic E-state index is -0.636. The summed E-state index contributed by atoms with van der Waals surface area (Å²) in [5.74, 6) is 0.700. The zero-order valence-electron chi connectivity index (χ0n) is 17.7. The molecule has 9 heteroatoms. The van der Waals surface area contributed by atoms with E-state index in [1.807, 2.05) is 0 Å². The van der Waals surface area contributed by atoms with Crippen LogP contribution < -0.4 is 15.0 Å². The Hall–Kier alpha value is -3.49. The minimum Gasteiger partial charge on any atom is -0.489 e. The molecular weight excluding hydrogens is 403 g/mol. The molecule has 0 spiro atoms. The number of halogens is 1. The number of nitrogens with one attached hydrogen (secondary N) is 1. The highest BCUT2D eigenvalue weighted by atomic mass is 19.1. The summed E-state index contributed by atoms with van der Waals surface area (Å²) >= 11 is 0. The van der Waals surface area contributed by atoms with Gasteiger partial charge in [-0.15, -0.1) is 0 Å². The molecule has 164 valence electrons. The van der Waals surface area contributed by atoms with Crippen LogP contribution in [-0.2, 0) is 11.2 Å². The van der Waals surface area contributed by atoms with Crippen molar-refractivity contribution in [1.29, 1.82) is 0 Å². The van der Waals surface area contributed by atoms with Crippen molar-refractivity contribution >= 4 is 17.9 Å². The van der Waals surface area contributed by atoms with E-state index in [9.17, 15) is 14.0 Å². The van der Waals surface area contributed by atoms with Crippen molar-refractivity contribution in [2.24, 2.45) is 0 Å². The smallest absolute Gasteiger partial charge is 0.407 e. The fraction of sp³-hybridized carbons (Fsp3) is 0.364. The van der Waals surface area contributed by atoms with E-state index in [2.05, 4.69) is 15.3 Å². The number of aromatic nitrogens is 2. The average molecular weight is 428 g/mol. The number of nitrogens with zero attached hydrogens (tertiary/aromatic N) is 3. The van der Waals surface area contributed by atoms with Crippen molar-refractivity contribution in [2.45, 2.75) is 32.8 Å². The van der Waals surface area contributed by atoms with Gasteiger partial charge in [0.15, 0.2) is 0 Å². The molecule has 31 heavy (non-hydrogen) atoms. The second kappa shape index (κ2) is 9.55. The van der Waals surface area contributed by atoms with Crippen molar-refractivity contribution in [2.75, 3.05) is 24.6 Å². The molecular formula is C22H25FN4O4. The molecule has 2 amide bonds. The molecule has 0 fully saturated rings. The van der Waals surface area contributed by atoms with E-state index in [1.165, 1.54) is 4.90 Å². The summed E-state index contributed by atoms with van der Waals surface area (Å²) in [6.07, 6.45) is 3.57. The third kappa shape index (κ3) is 6.00. The van der Waals surface area contributed by atoms with Crippen LogP contribution in [-0.4, -0.2) is 47.3 Å². The van der Waals surface area contributed by atoms with Crippen LogP contribution in [0.15, 0.2) is 48.6 Å². The van der Waals surface area contributed by atoms with Gasteiger partial charge >= 0.3 is 6.09 Å². The summed E-state index contributed by atoms with van der Waals surface area (Å²) in [6, 6.07) is 6.80. The number of rotatable bonds is 6. The second-order valence-electron chi connectivity index (χ2n) is 7.99. The Morgan fingerprint density at radius 3 is 2.71 bits per heavy atom. The van der Waals surface area contributed by atoms with Gasteiger partial charge in [0, 0.05) is 36.6 Å². The van der Waals surface area contributed by atoms with Gasteiger partial charge in [-0.2, -0.15) is 0 Å². The van der Waals surface area contributed by atoms with Crippen molar-refractivity contribution < 1.29 is 23.5 Å². The van der Waals surface area contributed by atoms with Gasteiger partial charge in [0.1, 0.15) is 18.0 Å². The van der Waals surface area contributed by atoms with Crippen LogP contribution in [0.2, 0.25) is 0 Å². The lowest BCUT2D eigenvalue weighted by atomic mass is 9.99. The molecule has 8 nitrogen and oxygen atoms in total. The number of carbonyl (C=O) groups excluding carboxylic acids is 2. The predicted octanol–water partition coefficient (Wildman–Crippen LogP) is 3.44. The van der Waals surface area contributed by atoms with E-state index in [0.717, 1.165) is 5.56 Å². The van der Waals surface area contributed by atoms with Gasteiger partial charge in [-0.1, -0.05) is 0 Å². The number of hydrogen-bond donors (Lipinski definition) is 1. The topological polar surface area (TPSA) is 93.7 Å². The third-order valence-corrected chi connectivity index (χ3v) is 4.39. The lowest BCUT2D eigenvalue weighted by molar-refractivity contribution is 0.0531. The van der Waals surface area contributed by atoms with E-state index >= 15 is 0 Å². The van der Waals surface area contributed by atoms with Crippen LogP contribution in [0.4, 0.5) is 15.1 Å². The van der Waals surface area contributed by atoms with E-state index < -0.39 is 11.7 Å². The van der Waals surface area contributed by atoms with E-state index in [-0.39, 0.29) is 24.6 Å². The average Bonchev–Trinajstić information content (AvgIpc) is 2.73. The number of ether oxygens (including phenoxy) is 2. The Labute approximate surface area is 180 Å². The Morgan fingerprint density at radius 1 is 1.29 bits per heavy atom. The molecule has 0 saturated heterocycles. The fourth-order valence-electron chi connectivity index (χ4n) is 2.97. The second-order valence-corrected chi connectivity index (χ2v) is 7.99. The highest BCUT2D eigenvalue weighted by molar-refractivity contribution is 6.07. The lowest BCUT2D eigenvalue weighted by Gasteiger charge is -2.27. The van der Waals surface area contributed by atoms with Gasteiger partial charge in [0.25, 0.3) is 5.91 Å². The van der Waals surface area contributed by atoms with Crippen LogP contribution in [0.25, 0.3) is 0 Å². The quantitative estimate of drug-likeness (QED) is 0.758. The largest absolute Gasteiger partial charge is 0.489 e. The van der Waals surface area contributed by atoms with E-state index in [0.29, 0.717) is 36.6 Å². The summed E-state index contributed by atoms with van der Waals surface area (Å²) in [4.78, 5) is 34.3. The van der Waals surface area contributed by atoms with E-state index in [1.54, 1.807) is 57.4 Å². The van der Waals surface area contributed by atoms with Crippen molar-refractivity contribution in [3.63, 3.8) is 0 Å². The maximum atomic E-state index is 13.2. The first-order chi connectivity index (χ1) is 14.8. The molecule has 0 radical (unpaired) electrons. The monoisotopic (exact) mass is 428 g/mol.